The van der Waals surface area contributed by atoms with Gasteiger partial charge in [0.05, 0.1) is 26.2 Å². The van der Waals surface area contributed by atoms with Crippen molar-refractivity contribution in [2.45, 2.75) is 13.3 Å². The molecule has 1 amide bonds. The number of benzene rings is 1. The van der Waals surface area contributed by atoms with Crippen molar-refractivity contribution in [2.75, 3.05) is 59.7 Å². The maximum absolute atomic E-state index is 12.9. The van der Waals surface area contributed by atoms with Crippen molar-refractivity contribution in [3.8, 4) is 0 Å². The van der Waals surface area contributed by atoms with E-state index in [1.807, 2.05) is 35.2 Å². The van der Waals surface area contributed by atoms with Gasteiger partial charge < -0.3 is 19.3 Å². The molecule has 1 spiro atoms. The maximum atomic E-state index is 12.9. The molecule has 2 heterocycles. The minimum Gasteiger partial charge on any atom is -0.383 e. The number of likely N-dealkylation sites (tertiary alicyclic amines) is 1. The van der Waals surface area contributed by atoms with E-state index < -0.39 is 0 Å². The van der Waals surface area contributed by atoms with Gasteiger partial charge in [0.2, 0.25) is 5.91 Å². The number of hydrogen-bond acceptors (Lipinski definition) is 4. The van der Waals surface area contributed by atoms with Crippen LogP contribution in [0.4, 0.5) is 0 Å². The highest BCUT2D eigenvalue weighted by molar-refractivity contribution is 5.78. The summed E-state index contributed by atoms with van der Waals surface area (Å²) in [5.41, 5.74) is 1.12. The summed E-state index contributed by atoms with van der Waals surface area (Å²) in [6, 6.07) is 10.0. The monoisotopic (exact) mass is 346 g/mol. The van der Waals surface area contributed by atoms with Crippen LogP contribution in [0.15, 0.2) is 30.3 Å². The van der Waals surface area contributed by atoms with Gasteiger partial charge in [-0.15, -0.1) is 0 Å². The summed E-state index contributed by atoms with van der Waals surface area (Å²) >= 11 is 0. The van der Waals surface area contributed by atoms with E-state index in [0.29, 0.717) is 25.5 Å². The van der Waals surface area contributed by atoms with Crippen molar-refractivity contribution in [3.63, 3.8) is 0 Å². The third-order valence-electron chi connectivity index (χ3n) is 5.68. The summed E-state index contributed by atoms with van der Waals surface area (Å²) in [5.74, 6) is 0.716. The summed E-state index contributed by atoms with van der Waals surface area (Å²) in [4.78, 5) is 17.3. The molecule has 0 bridgehead atoms. The van der Waals surface area contributed by atoms with E-state index >= 15 is 0 Å². The summed E-state index contributed by atoms with van der Waals surface area (Å²) in [7, 11) is 1.74. The minimum absolute atomic E-state index is 0.0383. The SMILES string of the molecule is COCCN1C[C@@H](C)[C@@]2(COCCN(C(=O)Cc3ccccc3)C2)C1. The summed E-state index contributed by atoms with van der Waals surface area (Å²) < 4.78 is 11.2. The molecule has 1 aromatic rings. The molecule has 0 aliphatic carbocycles. The van der Waals surface area contributed by atoms with Gasteiger partial charge in [0.1, 0.15) is 0 Å². The second kappa shape index (κ2) is 8.30. The third kappa shape index (κ3) is 4.40. The average Bonchev–Trinajstić information content (AvgIpc) is 2.78. The zero-order chi connectivity index (χ0) is 17.7. The molecule has 0 radical (unpaired) electrons. The zero-order valence-corrected chi connectivity index (χ0v) is 15.4. The van der Waals surface area contributed by atoms with Crippen LogP contribution >= 0.6 is 0 Å². The van der Waals surface area contributed by atoms with Crippen LogP contribution in [0, 0.1) is 11.3 Å². The van der Waals surface area contributed by atoms with Gasteiger partial charge in [-0.2, -0.15) is 0 Å². The number of rotatable bonds is 5. The molecular weight excluding hydrogens is 316 g/mol. The molecule has 2 fully saturated rings. The Bertz CT molecular complexity index is 565. The van der Waals surface area contributed by atoms with Crippen molar-refractivity contribution in [2.24, 2.45) is 11.3 Å². The van der Waals surface area contributed by atoms with Gasteiger partial charge in [0.15, 0.2) is 0 Å². The number of nitrogens with zero attached hydrogens (tertiary/aromatic N) is 2. The molecule has 1 aromatic carbocycles. The van der Waals surface area contributed by atoms with Crippen molar-refractivity contribution >= 4 is 5.91 Å². The topological polar surface area (TPSA) is 42.0 Å². The van der Waals surface area contributed by atoms with E-state index in [1.165, 1.54) is 0 Å². The second-order valence-corrected chi connectivity index (χ2v) is 7.52. The van der Waals surface area contributed by atoms with Crippen molar-refractivity contribution in [1.82, 2.24) is 9.80 Å². The molecule has 0 saturated carbocycles. The molecule has 0 aromatic heterocycles. The van der Waals surface area contributed by atoms with E-state index in [1.54, 1.807) is 7.11 Å². The Morgan fingerprint density at radius 2 is 2.12 bits per heavy atom. The van der Waals surface area contributed by atoms with Crippen LogP contribution in [-0.4, -0.2) is 75.4 Å². The van der Waals surface area contributed by atoms with Crippen LogP contribution in [-0.2, 0) is 20.7 Å². The van der Waals surface area contributed by atoms with Gasteiger partial charge >= 0.3 is 0 Å². The fourth-order valence-electron chi connectivity index (χ4n) is 4.08. The van der Waals surface area contributed by atoms with Gasteiger partial charge in [-0.05, 0) is 11.5 Å². The van der Waals surface area contributed by atoms with E-state index in [9.17, 15) is 4.79 Å². The number of methoxy groups -OCH3 is 1. The van der Waals surface area contributed by atoms with Crippen LogP contribution in [0.1, 0.15) is 12.5 Å². The highest BCUT2D eigenvalue weighted by Gasteiger charge is 2.46. The molecule has 0 unspecified atom stereocenters. The van der Waals surface area contributed by atoms with Gasteiger partial charge in [-0.1, -0.05) is 37.3 Å². The number of amides is 1. The predicted molar refractivity (Wildman–Crippen MR) is 97.5 cm³/mol. The Hall–Kier alpha value is -1.43. The molecule has 2 atom stereocenters. The van der Waals surface area contributed by atoms with Gasteiger partial charge in [0, 0.05) is 45.2 Å². The Balaban J connectivity index is 1.67. The Labute approximate surface area is 150 Å². The molecule has 2 aliphatic heterocycles. The van der Waals surface area contributed by atoms with Crippen molar-refractivity contribution in [3.05, 3.63) is 35.9 Å². The molecule has 2 saturated heterocycles. The lowest BCUT2D eigenvalue weighted by Gasteiger charge is -2.35. The molecule has 3 rings (SSSR count). The minimum atomic E-state index is 0.0383. The summed E-state index contributed by atoms with van der Waals surface area (Å²) in [6.07, 6.45) is 0.471. The fourth-order valence-corrected chi connectivity index (χ4v) is 4.08. The molecular formula is C20H30N2O3. The highest BCUT2D eigenvalue weighted by Crippen LogP contribution is 2.38. The van der Waals surface area contributed by atoms with Crippen LogP contribution in [0.3, 0.4) is 0 Å². The first-order chi connectivity index (χ1) is 12.1. The van der Waals surface area contributed by atoms with Gasteiger partial charge in [-0.25, -0.2) is 0 Å². The number of ether oxygens (including phenoxy) is 2. The normalized spacial score (nSPS) is 27.6. The zero-order valence-electron chi connectivity index (χ0n) is 15.4. The third-order valence-corrected chi connectivity index (χ3v) is 5.68. The maximum Gasteiger partial charge on any atom is 0.227 e. The molecule has 138 valence electrons. The predicted octanol–water partition coefficient (Wildman–Crippen LogP) is 1.67. The Kier molecular flexibility index (Phi) is 6.10. The summed E-state index contributed by atoms with van der Waals surface area (Å²) in [6.45, 7) is 8.88. The molecule has 2 aliphatic rings. The second-order valence-electron chi connectivity index (χ2n) is 7.52. The number of hydrogen-bond donors (Lipinski definition) is 0. The smallest absolute Gasteiger partial charge is 0.227 e. The molecule has 0 N–H and O–H groups in total. The van der Waals surface area contributed by atoms with Crippen LogP contribution in [0.25, 0.3) is 0 Å². The highest BCUT2D eigenvalue weighted by atomic mass is 16.5. The lowest BCUT2D eigenvalue weighted by atomic mass is 9.79. The number of carbonyl (C=O) groups excluding carboxylic acids is 1. The van der Waals surface area contributed by atoms with Crippen LogP contribution in [0.2, 0.25) is 0 Å². The Morgan fingerprint density at radius 3 is 2.88 bits per heavy atom. The average molecular weight is 346 g/mol. The van der Waals surface area contributed by atoms with E-state index in [-0.39, 0.29) is 11.3 Å². The largest absolute Gasteiger partial charge is 0.383 e. The van der Waals surface area contributed by atoms with E-state index in [4.69, 9.17) is 9.47 Å². The summed E-state index contributed by atoms with van der Waals surface area (Å²) in [5, 5.41) is 0. The van der Waals surface area contributed by atoms with Crippen LogP contribution < -0.4 is 0 Å². The van der Waals surface area contributed by atoms with Gasteiger partial charge in [0.25, 0.3) is 0 Å². The van der Waals surface area contributed by atoms with Crippen LogP contribution in [0.5, 0.6) is 0 Å². The lowest BCUT2D eigenvalue weighted by Crippen LogP contribution is -2.46. The van der Waals surface area contributed by atoms with Crippen molar-refractivity contribution in [1.29, 1.82) is 0 Å². The molecule has 5 nitrogen and oxygen atoms in total. The van der Waals surface area contributed by atoms with Crippen molar-refractivity contribution < 1.29 is 14.3 Å². The quantitative estimate of drug-likeness (QED) is 0.813. The first kappa shape index (κ1) is 18.4. The fraction of sp³-hybridized carbons (Fsp3) is 0.650. The van der Waals surface area contributed by atoms with E-state index in [2.05, 4.69) is 11.8 Å². The Morgan fingerprint density at radius 1 is 1.32 bits per heavy atom. The molecule has 25 heavy (non-hydrogen) atoms. The first-order valence-electron chi connectivity index (χ1n) is 9.24. The van der Waals surface area contributed by atoms with E-state index in [0.717, 1.165) is 45.0 Å². The van der Waals surface area contributed by atoms with Gasteiger partial charge in [-0.3, -0.25) is 4.79 Å². The lowest BCUT2D eigenvalue weighted by molar-refractivity contribution is -0.131. The molecule has 5 heteroatoms. The number of carbonyl (C=O) groups is 1. The standard InChI is InChI=1S/C20H30N2O3/c1-17-13-21(8-10-24-2)14-20(17)15-22(9-11-25-16-20)19(23)12-18-6-4-3-5-7-18/h3-7,17H,8-16H2,1-2H3/t17-,20+/m1/s1. The first-order valence-corrected chi connectivity index (χ1v) is 9.24.